The van der Waals surface area contributed by atoms with Gasteiger partial charge in [0.1, 0.15) is 5.82 Å². The second-order valence-electron chi connectivity index (χ2n) is 7.16. The summed E-state index contributed by atoms with van der Waals surface area (Å²) in [5, 5.41) is 6.28. The topological polar surface area (TPSA) is 53.6 Å². The second-order valence-corrected chi connectivity index (χ2v) is 7.16. The number of hydrogen-bond acceptors (Lipinski definition) is 4. The number of rotatable bonds is 3. The maximum atomic E-state index is 14.0. The summed E-state index contributed by atoms with van der Waals surface area (Å²) in [6.07, 6.45) is 3.09. The Hall–Kier alpha value is -1.66. The van der Waals surface area contributed by atoms with E-state index in [9.17, 15) is 9.18 Å². The lowest BCUT2D eigenvalue weighted by Gasteiger charge is -2.29. The minimum atomic E-state index is -0.318. The van der Waals surface area contributed by atoms with E-state index in [4.69, 9.17) is 4.74 Å². The number of morpholine rings is 1. The molecule has 1 aliphatic carbocycles. The highest BCUT2D eigenvalue weighted by Gasteiger charge is 2.57. The molecule has 2 heterocycles. The van der Waals surface area contributed by atoms with Crippen LogP contribution in [0.2, 0.25) is 0 Å². The van der Waals surface area contributed by atoms with Gasteiger partial charge in [-0.3, -0.25) is 4.79 Å². The first-order chi connectivity index (χ1) is 11.7. The maximum absolute atomic E-state index is 14.0. The third-order valence-corrected chi connectivity index (χ3v) is 5.63. The number of ether oxygens (including phenoxy) is 1. The zero-order valence-electron chi connectivity index (χ0n) is 13.8. The van der Waals surface area contributed by atoms with Crippen molar-refractivity contribution in [1.82, 2.24) is 5.32 Å². The Morgan fingerprint density at radius 3 is 2.75 bits per heavy atom. The van der Waals surface area contributed by atoms with Crippen LogP contribution in [0.4, 0.5) is 15.8 Å². The van der Waals surface area contributed by atoms with E-state index in [0.29, 0.717) is 18.9 Å². The average Bonchev–Trinajstić information content (AvgIpc) is 3.29. The lowest BCUT2D eigenvalue weighted by atomic mass is 9.92. The fourth-order valence-electron chi connectivity index (χ4n) is 4.08. The number of nitrogens with zero attached hydrogens (tertiary/aromatic N) is 1. The molecule has 1 aromatic carbocycles. The van der Waals surface area contributed by atoms with Gasteiger partial charge in [0.15, 0.2) is 0 Å². The number of hydrogen-bond donors (Lipinski definition) is 2. The fraction of sp³-hybridized carbons (Fsp3) is 0.611. The molecule has 0 aromatic heterocycles. The zero-order valence-corrected chi connectivity index (χ0v) is 13.8. The van der Waals surface area contributed by atoms with Crippen LogP contribution in [-0.2, 0) is 9.53 Å². The Morgan fingerprint density at radius 1 is 1.25 bits per heavy atom. The minimum absolute atomic E-state index is 0.0374. The molecule has 3 fully saturated rings. The van der Waals surface area contributed by atoms with Crippen molar-refractivity contribution in [3.05, 3.63) is 24.0 Å². The van der Waals surface area contributed by atoms with Crippen LogP contribution in [0.1, 0.15) is 19.3 Å². The molecular formula is C18H24FN3O2. The van der Waals surface area contributed by atoms with Crippen molar-refractivity contribution in [2.75, 3.05) is 49.6 Å². The largest absolute Gasteiger partial charge is 0.378 e. The highest BCUT2D eigenvalue weighted by molar-refractivity contribution is 5.95. The number of piperidine rings is 1. The van der Waals surface area contributed by atoms with Gasteiger partial charge in [0.2, 0.25) is 5.91 Å². The van der Waals surface area contributed by atoms with E-state index < -0.39 is 0 Å². The van der Waals surface area contributed by atoms with Crippen molar-refractivity contribution in [3.8, 4) is 0 Å². The number of anilines is 2. The molecule has 2 aliphatic heterocycles. The van der Waals surface area contributed by atoms with Crippen molar-refractivity contribution in [2.45, 2.75) is 19.3 Å². The summed E-state index contributed by atoms with van der Waals surface area (Å²) in [5.41, 5.74) is 1.55. The normalized spacial score (nSPS) is 25.5. The van der Waals surface area contributed by atoms with Gasteiger partial charge in [-0.05, 0) is 56.0 Å². The fourth-order valence-corrected chi connectivity index (χ4v) is 4.08. The number of benzene rings is 1. The van der Waals surface area contributed by atoms with Crippen LogP contribution in [0.25, 0.3) is 0 Å². The Balaban J connectivity index is 1.44. The molecule has 1 unspecified atom stereocenters. The number of halogens is 1. The smallest absolute Gasteiger partial charge is 0.228 e. The SMILES string of the molecule is O=C(Nc1cc(F)cc(N2CCOCC2)c1)C1CC12CCNCC2. The average molecular weight is 333 g/mol. The van der Waals surface area contributed by atoms with E-state index in [1.807, 2.05) is 6.07 Å². The van der Waals surface area contributed by atoms with Gasteiger partial charge in [-0.15, -0.1) is 0 Å². The van der Waals surface area contributed by atoms with Crippen LogP contribution in [-0.4, -0.2) is 45.3 Å². The molecule has 24 heavy (non-hydrogen) atoms. The Labute approximate surface area is 141 Å². The van der Waals surface area contributed by atoms with Crippen molar-refractivity contribution in [3.63, 3.8) is 0 Å². The third kappa shape index (κ3) is 3.13. The predicted molar refractivity (Wildman–Crippen MR) is 90.7 cm³/mol. The minimum Gasteiger partial charge on any atom is -0.378 e. The summed E-state index contributed by atoms with van der Waals surface area (Å²) in [7, 11) is 0. The van der Waals surface area contributed by atoms with Crippen molar-refractivity contribution in [2.24, 2.45) is 11.3 Å². The van der Waals surface area contributed by atoms with Gasteiger partial charge < -0.3 is 20.3 Å². The van der Waals surface area contributed by atoms with Gasteiger partial charge in [0.25, 0.3) is 0 Å². The van der Waals surface area contributed by atoms with Gasteiger partial charge in [0, 0.05) is 30.4 Å². The summed E-state index contributed by atoms with van der Waals surface area (Å²) < 4.78 is 19.3. The first-order valence-corrected chi connectivity index (χ1v) is 8.81. The van der Waals surface area contributed by atoms with Crippen LogP contribution >= 0.6 is 0 Å². The predicted octanol–water partition coefficient (Wildman–Crippen LogP) is 1.99. The number of carbonyl (C=O) groups is 1. The van der Waals surface area contributed by atoms with Crippen LogP contribution in [0, 0.1) is 17.2 Å². The van der Waals surface area contributed by atoms with E-state index >= 15 is 0 Å². The molecule has 4 rings (SSSR count). The molecular weight excluding hydrogens is 309 g/mol. The molecule has 1 atom stereocenters. The standard InChI is InChI=1S/C18H24FN3O2/c19-13-9-14(11-15(10-13)22-5-7-24-8-6-22)21-17(23)16-12-18(16)1-3-20-4-2-18/h9-11,16,20H,1-8,12H2,(H,21,23). The third-order valence-electron chi connectivity index (χ3n) is 5.63. The summed E-state index contributed by atoms with van der Waals surface area (Å²) in [6.45, 7) is 4.77. The Morgan fingerprint density at radius 2 is 2.00 bits per heavy atom. The summed E-state index contributed by atoms with van der Waals surface area (Å²) in [4.78, 5) is 14.7. The monoisotopic (exact) mass is 333 g/mol. The maximum Gasteiger partial charge on any atom is 0.228 e. The van der Waals surface area contributed by atoms with Gasteiger partial charge in [0.05, 0.1) is 13.2 Å². The van der Waals surface area contributed by atoms with Gasteiger partial charge in [-0.25, -0.2) is 4.39 Å². The van der Waals surface area contributed by atoms with Gasteiger partial charge in [-0.1, -0.05) is 0 Å². The zero-order chi connectivity index (χ0) is 16.6. The molecule has 0 radical (unpaired) electrons. The van der Waals surface area contributed by atoms with E-state index in [1.165, 1.54) is 12.1 Å². The number of carbonyl (C=O) groups excluding carboxylic acids is 1. The van der Waals surface area contributed by atoms with Crippen LogP contribution < -0.4 is 15.5 Å². The summed E-state index contributed by atoms with van der Waals surface area (Å²) in [6, 6.07) is 4.79. The van der Waals surface area contributed by atoms with E-state index in [2.05, 4.69) is 15.5 Å². The van der Waals surface area contributed by atoms with Crippen LogP contribution in [0.5, 0.6) is 0 Å². The highest BCUT2D eigenvalue weighted by atomic mass is 19.1. The Bertz CT molecular complexity index is 625. The van der Waals surface area contributed by atoms with Crippen LogP contribution in [0.3, 0.4) is 0 Å². The lowest BCUT2D eigenvalue weighted by molar-refractivity contribution is -0.118. The molecule has 1 saturated carbocycles. The first kappa shape index (κ1) is 15.8. The van der Waals surface area contributed by atoms with E-state index in [1.54, 1.807) is 0 Å². The molecule has 5 nitrogen and oxygen atoms in total. The molecule has 1 aromatic rings. The summed E-state index contributed by atoms with van der Waals surface area (Å²) in [5.74, 6) is -0.202. The molecule has 2 N–H and O–H groups in total. The van der Waals surface area contributed by atoms with Crippen molar-refractivity contribution >= 4 is 17.3 Å². The summed E-state index contributed by atoms with van der Waals surface area (Å²) >= 11 is 0. The second kappa shape index (κ2) is 6.33. The molecule has 3 aliphatic rings. The quantitative estimate of drug-likeness (QED) is 0.888. The molecule has 0 bridgehead atoms. The van der Waals surface area contributed by atoms with Gasteiger partial charge in [-0.2, -0.15) is 0 Å². The Kier molecular flexibility index (Phi) is 4.18. The van der Waals surface area contributed by atoms with Crippen molar-refractivity contribution < 1.29 is 13.9 Å². The highest BCUT2D eigenvalue weighted by Crippen LogP contribution is 2.58. The van der Waals surface area contributed by atoms with Crippen LogP contribution in [0.15, 0.2) is 18.2 Å². The van der Waals surface area contributed by atoms with Gasteiger partial charge >= 0.3 is 0 Å². The van der Waals surface area contributed by atoms with E-state index in [-0.39, 0.29) is 23.1 Å². The molecule has 2 saturated heterocycles. The van der Waals surface area contributed by atoms with E-state index in [0.717, 1.165) is 51.1 Å². The van der Waals surface area contributed by atoms with Crippen molar-refractivity contribution in [1.29, 1.82) is 0 Å². The lowest BCUT2D eigenvalue weighted by Crippen LogP contribution is -2.36. The molecule has 1 spiro atoms. The molecule has 130 valence electrons. The molecule has 6 heteroatoms. The number of amides is 1. The first-order valence-electron chi connectivity index (χ1n) is 8.81. The number of nitrogens with one attached hydrogen (secondary N) is 2. The molecule has 1 amide bonds.